The van der Waals surface area contributed by atoms with E-state index < -0.39 is 11.5 Å². The van der Waals surface area contributed by atoms with Crippen molar-refractivity contribution in [3.8, 4) is 0 Å². The molecule has 0 unspecified atom stereocenters. The van der Waals surface area contributed by atoms with Gasteiger partial charge < -0.3 is 10.1 Å². The fourth-order valence-corrected chi connectivity index (χ4v) is 1.97. The molecular weight excluding hydrogens is 192 g/mol. The summed E-state index contributed by atoms with van der Waals surface area (Å²) in [5.41, 5.74) is -0.518. The number of hydrogen-bond acceptors (Lipinski definition) is 2. The Labute approximate surface area is 80.8 Å². The highest BCUT2D eigenvalue weighted by atomic mass is 19.3. The summed E-state index contributed by atoms with van der Waals surface area (Å²) < 4.78 is 31.1. The Morgan fingerprint density at radius 2 is 1.86 bits per heavy atom. The third-order valence-electron chi connectivity index (χ3n) is 3.01. The van der Waals surface area contributed by atoms with E-state index in [9.17, 15) is 13.6 Å². The lowest BCUT2D eigenvalue weighted by Crippen LogP contribution is -2.55. The maximum Gasteiger partial charge on any atom is 0.248 e. The minimum atomic E-state index is -2.55. The van der Waals surface area contributed by atoms with E-state index in [0.29, 0.717) is 19.4 Å². The van der Waals surface area contributed by atoms with Crippen LogP contribution in [0.4, 0.5) is 8.78 Å². The van der Waals surface area contributed by atoms with Crippen molar-refractivity contribution in [1.82, 2.24) is 5.32 Å². The van der Waals surface area contributed by atoms with Crippen LogP contribution in [-0.2, 0) is 9.53 Å². The lowest BCUT2D eigenvalue weighted by Gasteiger charge is -2.42. The van der Waals surface area contributed by atoms with Gasteiger partial charge in [0.15, 0.2) is 0 Å². The first-order valence-corrected chi connectivity index (χ1v) is 4.80. The van der Waals surface area contributed by atoms with Crippen LogP contribution in [0.15, 0.2) is 0 Å². The second kappa shape index (κ2) is 3.15. The highest BCUT2D eigenvalue weighted by Crippen LogP contribution is 2.40. The van der Waals surface area contributed by atoms with Crippen LogP contribution in [0.2, 0.25) is 0 Å². The molecule has 1 saturated carbocycles. The zero-order valence-electron chi connectivity index (χ0n) is 7.82. The topological polar surface area (TPSA) is 38.3 Å². The van der Waals surface area contributed by atoms with Gasteiger partial charge in [0.2, 0.25) is 11.8 Å². The summed E-state index contributed by atoms with van der Waals surface area (Å²) in [6.07, 6.45) is 0.395. The molecule has 80 valence electrons. The molecule has 2 aliphatic rings. The SMILES string of the molecule is O=C1COC2(CCC(F)(F)CC2)CN1. The van der Waals surface area contributed by atoms with E-state index in [1.54, 1.807) is 0 Å². The van der Waals surface area contributed by atoms with Crippen molar-refractivity contribution < 1.29 is 18.3 Å². The summed E-state index contributed by atoms with van der Waals surface area (Å²) in [5, 5.41) is 2.66. The molecule has 2 rings (SSSR count). The highest BCUT2D eigenvalue weighted by molar-refractivity contribution is 5.78. The van der Waals surface area contributed by atoms with Crippen LogP contribution in [0.25, 0.3) is 0 Å². The molecule has 0 aromatic rings. The molecule has 1 saturated heterocycles. The van der Waals surface area contributed by atoms with Gasteiger partial charge >= 0.3 is 0 Å². The van der Waals surface area contributed by atoms with Gasteiger partial charge in [-0.25, -0.2) is 8.78 Å². The van der Waals surface area contributed by atoms with Gasteiger partial charge in [0, 0.05) is 19.4 Å². The van der Waals surface area contributed by atoms with Crippen molar-refractivity contribution in [2.24, 2.45) is 0 Å². The monoisotopic (exact) mass is 205 g/mol. The van der Waals surface area contributed by atoms with Crippen LogP contribution < -0.4 is 5.32 Å². The largest absolute Gasteiger partial charge is 0.363 e. The van der Waals surface area contributed by atoms with E-state index in [1.165, 1.54) is 0 Å². The summed E-state index contributed by atoms with van der Waals surface area (Å²) in [5.74, 6) is -2.70. The second-order valence-corrected chi connectivity index (χ2v) is 4.10. The van der Waals surface area contributed by atoms with Gasteiger partial charge in [0.05, 0.1) is 5.60 Å². The van der Waals surface area contributed by atoms with Crippen LogP contribution >= 0.6 is 0 Å². The third-order valence-corrected chi connectivity index (χ3v) is 3.01. The minimum absolute atomic E-state index is 0.00553. The first-order chi connectivity index (χ1) is 6.52. The number of carbonyl (C=O) groups is 1. The van der Waals surface area contributed by atoms with Crippen molar-refractivity contribution in [1.29, 1.82) is 0 Å². The first kappa shape index (κ1) is 9.83. The van der Waals surface area contributed by atoms with Crippen molar-refractivity contribution in [2.45, 2.75) is 37.2 Å². The molecule has 1 aliphatic carbocycles. The number of alkyl halides is 2. The van der Waals surface area contributed by atoms with Crippen molar-refractivity contribution in [3.63, 3.8) is 0 Å². The maximum absolute atomic E-state index is 12.9. The van der Waals surface area contributed by atoms with Gasteiger partial charge in [-0.2, -0.15) is 0 Å². The summed E-state index contributed by atoms with van der Waals surface area (Å²) >= 11 is 0. The van der Waals surface area contributed by atoms with Crippen molar-refractivity contribution in [2.75, 3.05) is 13.2 Å². The van der Waals surface area contributed by atoms with Crippen LogP contribution in [0.3, 0.4) is 0 Å². The van der Waals surface area contributed by atoms with Crippen LogP contribution in [0, 0.1) is 0 Å². The Morgan fingerprint density at radius 1 is 1.21 bits per heavy atom. The van der Waals surface area contributed by atoms with Crippen LogP contribution in [0.5, 0.6) is 0 Å². The molecule has 0 bridgehead atoms. The molecule has 0 aromatic carbocycles. The molecule has 0 radical (unpaired) electrons. The zero-order valence-corrected chi connectivity index (χ0v) is 7.82. The molecule has 1 spiro atoms. The summed E-state index contributed by atoms with van der Waals surface area (Å²) in [4.78, 5) is 10.8. The zero-order chi connectivity index (χ0) is 10.2. The fourth-order valence-electron chi connectivity index (χ4n) is 1.97. The standard InChI is InChI=1S/C9H13F2NO2/c10-9(11)3-1-8(2-4-9)6-12-7(13)5-14-8/h1-6H2,(H,12,13). The average Bonchev–Trinajstić information content (AvgIpc) is 2.16. The number of carbonyl (C=O) groups excluding carboxylic acids is 1. The number of ether oxygens (including phenoxy) is 1. The van der Waals surface area contributed by atoms with Gasteiger partial charge in [-0.15, -0.1) is 0 Å². The maximum atomic E-state index is 12.9. The number of amides is 1. The average molecular weight is 205 g/mol. The summed E-state index contributed by atoms with van der Waals surface area (Å²) in [6.45, 7) is 0.382. The summed E-state index contributed by atoms with van der Waals surface area (Å²) in [7, 11) is 0. The van der Waals surface area contributed by atoms with Gasteiger partial charge in [-0.05, 0) is 12.8 Å². The predicted octanol–water partition coefficient (Wildman–Crippen LogP) is 1.08. The molecule has 0 atom stereocenters. The Kier molecular flexibility index (Phi) is 2.21. The number of hydrogen-bond donors (Lipinski definition) is 1. The van der Waals surface area contributed by atoms with Gasteiger partial charge in [-0.1, -0.05) is 0 Å². The molecule has 1 N–H and O–H groups in total. The molecule has 1 aliphatic heterocycles. The first-order valence-electron chi connectivity index (χ1n) is 4.80. The lowest BCUT2D eigenvalue weighted by molar-refractivity contribution is -0.162. The van der Waals surface area contributed by atoms with E-state index in [1.807, 2.05) is 0 Å². The highest BCUT2D eigenvalue weighted by Gasteiger charge is 2.45. The molecule has 2 fully saturated rings. The van der Waals surface area contributed by atoms with E-state index in [2.05, 4.69) is 5.32 Å². The Hall–Kier alpha value is -0.710. The predicted molar refractivity (Wildman–Crippen MR) is 45.1 cm³/mol. The van der Waals surface area contributed by atoms with Crippen LogP contribution in [0.1, 0.15) is 25.7 Å². The number of morpholine rings is 1. The number of rotatable bonds is 0. The third kappa shape index (κ3) is 1.87. The Morgan fingerprint density at radius 3 is 2.36 bits per heavy atom. The Balaban J connectivity index is 1.96. The van der Waals surface area contributed by atoms with E-state index in [0.717, 1.165) is 0 Å². The van der Waals surface area contributed by atoms with E-state index in [-0.39, 0.29) is 25.4 Å². The molecular formula is C9H13F2NO2. The molecule has 1 amide bonds. The number of halogens is 2. The van der Waals surface area contributed by atoms with Gasteiger partial charge in [-0.3, -0.25) is 4.79 Å². The molecule has 0 aromatic heterocycles. The molecule has 5 heteroatoms. The molecule has 14 heavy (non-hydrogen) atoms. The van der Waals surface area contributed by atoms with E-state index in [4.69, 9.17) is 4.74 Å². The van der Waals surface area contributed by atoms with E-state index >= 15 is 0 Å². The summed E-state index contributed by atoms with van der Waals surface area (Å²) in [6, 6.07) is 0. The molecule has 1 heterocycles. The van der Waals surface area contributed by atoms with Crippen LogP contribution in [-0.4, -0.2) is 30.6 Å². The second-order valence-electron chi connectivity index (χ2n) is 4.10. The quantitative estimate of drug-likeness (QED) is 0.642. The van der Waals surface area contributed by atoms with Gasteiger partial charge in [0.25, 0.3) is 0 Å². The van der Waals surface area contributed by atoms with Crippen molar-refractivity contribution in [3.05, 3.63) is 0 Å². The van der Waals surface area contributed by atoms with Crippen molar-refractivity contribution >= 4 is 5.91 Å². The fraction of sp³-hybridized carbons (Fsp3) is 0.889. The smallest absolute Gasteiger partial charge is 0.248 e. The lowest BCUT2D eigenvalue weighted by atomic mass is 9.82. The minimum Gasteiger partial charge on any atom is -0.363 e. The Bertz CT molecular complexity index is 233. The normalized spacial score (nSPS) is 30.0. The molecule has 3 nitrogen and oxygen atoms in total. The van der Waals surface area contributed by atoms with Gasteiger partial charge in [0.1, 0.15) is 6.61 Å². The number of nitrogens with one attached hydrogen (secondary N) is 1.